The Morgan fingerprint density at radius 3 is 2.29 bits per heavy atom. The minimum absolute atomic E-state index is 0.176. The van der Waals surface area contributed by atoms with Gasteiger partial charge in [-0.1, -0.05) is 51.9 Å². The lowest BCUT2D eigenvalue weighted by Crippen LogP contribution is -2.21. The van der Waals surface area contributed by atoms with Gasteiger partial charge in [-0.05, 0) is 31.7 Å². The number of Topliss-reactive ketones (excluding diaryl/α,β-unsaturated/α-hetero) is 1. The van der Waals surface area contributed by atoms with Gasteiger partial charge in [0.25, 0.3) is 5.97 Å². The van der Waals surface area contributed by atoms with Crippen molar-refractivity contribution in [3.63, 3.8) is 0 Å². The Hall–Kier alpha value is -0.940. The maximum Gasteiger partial charge on any atom is 0.300 e. The van der Waals surface area contributed by atoms with E-state index in [0.717, 1.165) is 45.1 Å². The number of aliphatic carboxylic acids is 1. The molecule has 0 unspecified atom stereocenters. The standard InChI is InChI=1S/C17H33NO2.C2H4O2/c1-15(13-16-9-5-4-6-10-16)17(19)14-20-12-8-3-2-7-11-18;1-2(3)4/h15-16H,2-14,18H2,1H3;1H3,(H,3,4)/t15-;/m1./s1. The molecule has 1 atom stereocenters. The number of carboxylic acids is 1. The van der Waals surface area contributed by atoms with Gasteiger partial charge in [-0.25, -0.2) is 0 Å². The molecule has 1 aliphatic rings. The third kappa shape index (κ3) is 14.6. The van der Waals surface area contributed by atoms with Crippen LogP contribution in [-0.4, -0.2) is 36.6 Å². The summed E-state index contributed by atoms with van der Waals surface area (Å²) in [6, 6.07) is 0. The zero-order valence-electron chi connectivity index (χ0n) is 15.6. The van der Waals surface area contributed by atoms with E-state index in [9.17, 15) is 4.79 Å². The van der Waals surface area contributed by atoms with Crippen LogP contribution in [0.25, 0.3) is 0 Å². The van der Waals surface area contributed by atoms with Gasteiger partial charge >= 0.3 is 0 Å². The van der Waals surface area contributed by atoms with E-state index in [1.807, 2.05) is 0 Å². The fraction of sp³-hybridized carbons (Fsp3) is 0.895. The van der Waals surface area contributed by atoms with Crippen LogP contribution in [-0.2, 0) is 14.3 Å². The van der Waals surface area contributed by atoms with E-state index in [-0.39, 0.29) is 11.7 Å². The van der Waals surface area contributed by atoms with Crippen LogP contribution in [0.3, 0.4) is 0 Å². The molecule has 5 nitrogen and oxygen atoms in total. The summed E-state index contributed by atoms with van der Waals surface area (Å²) in [7, 11) is 0. The van der Waals surface area contributed by atoms with Crippen LogP contribution in [0, 0.1) is 11.8 Å². The van der Waals surface area contributed by atoms with E-state index in [1.165, 1.54) is 38.5 Å². The predicted octanol–water partition coefficient (Wildman–Crippen LogP) is 3.79. The molecular formula is C19H37NO4. The molecule has 1 aliphatic carbocycles. The van der Waals surface area contributed by atoms with E-state index in [4.69, 9.17) is 20.4 Å². The minimum atomic E-state index is -0.833. The van der Waals surface area contributed by atoms with Gasteiger partial charge in [-0.3, -0.25) is 9.59 Å². The smallest absolute Gasteiger partial charge is 0.300 e. The average Bonchev–Trinajstić information content (AvgIpc) is 2.54. The molecule has 1 fully saturated rings. The van der Waals surface area contributed by atoms with Crippen molar-refractivity contribution in [2.75, 3.05) is 19.8 Å². The summed E-state index contributed by atoms with van der Waals surface area (Å²) in [5.41, 5.74) is 5.44. The molecule has 1 saturated carbocycles. The largest absolute Gasteiger partial charge is 0.481 e. The maximum absolute atomic E-state index is 12.0. The highest BCUT2D eigenvalue weighted by atomic mass is 16.5. The summed E-state index contributed by atoms with van der Waals surface area (Å²) in [6.45, 7) is 4.96. The van der Waals surface area contributed by atoms with Crippen molar-refractivity contribution in [1.82, 2.24) is 0 Å². The molecule has 1 rings (SSSR count). The molecule has 142 valence electrons. The minimum Gasteiger partial charge on any atom is -0.481 e. The molecule has 0 radical (unpaired) electrons. The maximum atomic E-state index is 12.0. The number of carboxylic acid groups (broad SMARTS) is 1. The van der Waals surface area contributed by atoms with Crippen LogP contribution >= 0.6 is 0 Å². The van der Waals surface area contributed by atoms with E-state index >= 15 is 0 Å². The van der Waals surface area contributed by atoms with Gasteiger partial charge in [0.05, 0.1) is 0 Å². The number of unbranched alkanes of at least 4 members (excludes halogenated alkanes) is 3. The van der Waals surface area contributed by atoms with Gasteiger partial charge in [0.1, 0.15) is 6.61 Å². The zero-order valence-corrected chi connectivity index (χ0v) is 15.6. The number of rotatable bonds is 11. The first-order valence-corrected chi connectivity index (χ1v) is 9.47. The Morgan fingerprint density at radius 1 is 1.12 bits per heavy atom. The highest BCUT2D eigenvalue weighted by Gasteiger charge is 2.20. The monoisotopic (exact) mass is 343 g/mol. The molecule has 24 heavy (non-hydrogen) atoms. The van der Waals surface area contributed by atoms with Gasteiger partial charge in [0, 0.05) is 19.4 Å². The third-order valence-electron chi connectivity index (χ3n) is 4.45. The second kappa shape index (κ2) is 15.6. The van der Waals surface area contributed by atoms with Crippen molar-refractivity contribution in [2.45, 2.75) is 78.1 Å². The lowest BCUT2D eigenvalue weighted by atomic mass is 9.82. The molecule has 0 amide bonds. The fourth-order valence-corrected chi connectivity index (χ4v) is 3.07. The first-order chi connectivity index (χ1) is 11.5. The molecule has 3 N–H and O–H groups in total. The summed E-state index contributed by atoms with van der Waals surface area (Å²) in [5.74, 6) is 0.409. The third-order valence-corrected chi connectivity index (χ3v) is 4.45. The Labute approximate surface area is 147 Å². The SMILES string of the molecule is CC(=O)O.C[C@H](CC1CCCCC1)C(=O)COCCCCCCN. The zero-order chi connectivity index (χ0) is 18.2. The molecule has 0 heterocycles. The second-order valence-corrected chi connectivity index (χ2v) is 6.88. The van der Waals surface area contributed by atoms with Gasteiger partial charge in [-0.2, -0.15) is 0 Å². The van der Waals surface area contributed by atoms with Crippen LogP contribution < -0.4 is 5.73 Å². The number of hydrogen-bond acceptors (Lipinski definition) is 4. The quantitative estimate of drug-likeness (QED) is 0.557. The summed E-state index contributed by atoms with van der Waals surface area (Å²) >= 11 is 0. The molecule has 0 spiro atoms. The second-order valence-electron chi connectivity index (χ2n) is 6.88. The van der Waals surface area contributed by atoms with Gasteiger partial charge in [-0.15, -0.1) is 0 Å². The Morgan fingerprint density at radius 2 is 1.71 bits per heavy atom. The highest BCUT2D eigenvalue weighted by molar-refractivity contribution is 5.81. The van der Waals surface area contributed by atoms with Gasteiger partial charge < -0.3 is 15.6 Å². The highest BCUT2D eigenvalue weighted by Crippen LogP contribution is 2.29. The molecular weight excluding hydrogens is 306 g/mol. The van der Waals surface area contributed by atoms with Crippen LogP contribution in [0.1, 0.15) is 78.1 Å². The van der Waals surface area contributed by atoms with Crippen molar-refractivity contribution in [1.29, 1.82) is 0 Å². The van der Waals surface area contributed by atoms with Crippen LogP contribution in [0.15, 0.2) is 0 Å². The predicted molar refractivity (Wildman–Crippen MR) is 97.0 cm³/mol. The lowest BCUT2D eigenvalue weighted by molar-refractivity contribution is -0.134. The van der Waals surface area contributed by atoms with Crippen LogP contribution in [0.2, 0.25) is 0 Å². The summed E-state index contributed by atoms with van der Waals surface area (Å²) in [5, 5.41) is 7.42. The number of nitrogens with two attached hydrogens (primary N) is 1. The first-order valence-electron chi connectivity index (χ1n) is 9.47. The number of ketones is 1. The van der Waals surface area contributed by atoms with Crippen molar-refractivity contribution >= 4 is 11.8 Å². The normalized spacial score (nSPS) is 16.1. The Bertz CT molecular complexity index is 323. The van der Waals surface area contributed by atoms with Crippen molar-refractivity contribution in [3.05, 3.63) is 0 Å². The Kier molecular flexibility index (Phi) is 15.0. The van der Waals surface area contributed by atoms with Crippen molar-refractivity contribution in [3.8, 4) is 0 Å². The molecule has 0 bridgehead atoms. The number of carbonyl (C=O) groups excluding carboxylic acids is 1. The average molecular weight is 344 g/mol. The van der Waals surface area contributed by atoms with Crippen molar-refractivity contribution < 1.29 is 19.4 Å². The first kappa shape index (κ1) is 23.1. The molecule has 0 saturated heterocycles. The summed E-state index contributed by atoms with van der Waals surface area (Å²) in [6.07, 6.45) is 12.3. The van der Waals surface area contributed by atoms with E-state index in [2.05, 4.69) is 6.92 Å². The summed E-state index contributed by atoms with van der Waals surface area (Å²) < 4.78 is 5.51. The molecule has 0 aromatic carbocycles. The van der Waals surface area contributed by atoms with Crippen LogP contribution in [0.4, 0.5) is 0 Å². The topological polar surface area (TPSA) is 89.6 Å². The molecule has 0 aromatic rings. The number of hydrogen-bond donors (Lipinski definition) is 2. The summed E-state index contributed by atoms with van der Waals surface area (Å²) in [4.78, 5) is 21.0. The fourth-order valence-electron chi connectivity index (χ4n) is 3.07. The van der Waals surface area contributed by atoms with Crippen LogP contribution in [0.5, 0.6) is 0 Å². The van der Waals surface area contributed by atoms with Gasteiger partial charge in [0.2, 0.25) is 0 Å². The molecule has 5 heteroatoms. The van der Waals surface area contributed by atoms with E-state index in [0.29, 0.717) is 13.2 Å². The van der Waals surface area contributed by atoms with Crippen molar-refractivity contribution in [2.24, 2.45) is 17.6 Å². The number of carbonyl (C=O) groups is 2. The molecule has 0 aromatic heterocycles. The number of ether oxygens (including phenoxy) is 1. The lowest BCUT2D eigenvalue weighted by Gasteiger charge is -2.24. The van der Waals surface area contributed by atoms with E-state index in [1.54, 1.807) is 0 Å². The van der Waals surface area contributed by atoms with E-state index < -0.39 is 5.97 Å². The molecule has 0 aliphatic heterocycles. The van der Waals surface area contributed by atoms with Gasteiger partial charge in [0.15, 0.2) is 5.78 Å². The Balaban J connectivity index is 0.00000118.